The van der Waals surface area contributed by atoms with Crippen LogP contribution in [-0.4, -0.2) is 17.9 Å². The van der Waals surface area contributed by atoms with Gasteiger partial charge in [0.1, 0.15) is 5.75 Å². The van der Waals surface area contributed by atoms with Crippen LogP contribution in [0.1, 0.15) is 36.5 Å². The topological polar surface area (TPSA) is 45.6 Å². The lowest BCUT2D eigenvalue weighted by Gasteiger charge is -2.10. The second-order valence-corrected chi connectivity index (χ2v) is 6.32. The summed E-state index contributed by atoms with van der Waals surface area (Å²) in [7, 11) is 0. The van der Waals surface area contributed by atoms with Gasteiger partial charge in [0.05, 0.1) is 12.8 Å². The van der Waals surface area contributed by atoms with Crippen LogP contribution in [0, 0.1) is 13.8 Å². The average molecular weight is 356 g/mol. The number of aryl methyl sites for hydroxylation is 2. The normalized spacial score (nSPS) is 10.7. The van der Waals surface area contributed by atoms with Crippen LogP contribution >= 0.6 is 12.2 Å². The van der Waals surface area contributed by atoms with E-state index in [1.165, 1.54) is 5.56 Å². The van der Waals surface area contributed by atoms with Crippen LogP contribution < -0.4 is 15.5 Å². The Labute approximate surface area is 155 Å². The maximum atomic E-state index is 5.64. The average Bonchev–Trinajstić information content (AvgIpc) is 2.60. The highest BCUT2D eigenvalue weighted by molar-refractivity contribution is 7.80. The van der Waals surface area contributed by atoms with E-state index in [-0.39, 0.29) is 0 Å². The van der Waals surface area contributed by atoms with Gasteiger partial charge in [0, 0.05) is 5.69 Å². The second-order valence-electron chi connectivity index (χ2n) is 5.91. The molecule has 2 aromatic rings. The molecule has 0 saturated heterocycles. The molecule has 25 heavy (non-hydrogen) atoms. The van der Waals surface area contributed by atoms with Gasteiger partial charge in [-0.05, 0) is 79.5 Å². The van der Waals surface area contributed by atoms with Crippen molar-refractivity contribution in [2.75, 3.05) is 11.9 Å². The van der Waals surface area contributed by atoms with Gasteiger partial charge in [-0.15, -0.1) is 0 Å². The molecular weight excluding hydrogens is 330 g/mol. The highest BCUT2D eigenvalue weighted by atomic mass is 32.1. The molecule has 4 nitrogen and oxygen atoms in total. The lowest BCUT2D eigenvalue weighted by atomic mass is 10.1. The van der Waals surface area contributed by atoms with E-state index in [1.807, 2.05) is 31.2 Å². The van der Waals surface area contributed by atoms with Gasteiger partial charge < -0.3 is 10.1 Å². The number of hydrogen-bond donors (Lipinski definition) is 2. The number of unbranched alkanes of at least 4 members (excludes halogenated alkanes) is 1. The number of benzene rings is 2. The fourth-order valence-electron chi connectivity index (χ4n) is 2.17. The van der Waals surface area contributed by atoms with Gasteiger partial charge in [-0.25, -0.2) is 0 Å². The lowest BCUT2D eigenvalue weighted by Crippen LogP contribution is -2.24. The van der Waals surface area contributed by atoms with Crippen molar-refractivity contribution in [3.05, 3.63) is 59.2 Å². The number of ether oxygens (including phenoxy) is 1. The van der Waals surface area contributed by atoms with Crippen LogP contribution in [0.5, 0.6) is 5.75 Å². The van der Waals surface area contributed by atoms with E-state index >= 15 is 0 Å². The molecule has 0 unspecified atom stereocenters. The monoisotopic (exact) mass is 355 g/mol. The highest BCUT2D eigenvalue weighted by Gasteiger charge is 2.00. The Morgan fingerprint density at radius 3 is 2.64 bits per heavy atom. The van der Waals surface area contributed by atoms with Crippen LogP contribution in [0.25, 0.3) is 0 Å². The van der Waals surface area contributed by atoms with Gasteiger partial charge in [-0.3, -0.25) is 5.43 Å². The Hall–Kier alpha value is -2.40. The van der Waals surface area contributed by atoms with Crippen LogP contribution in [0.15, 0.2) is 47.6 Å². The molecular formula is C20H25N3OS. The maximum Gasteiger partial charge on any atom is 0.191 e. The standard InChI is InChI=1S/C20H25N3OS/c1-4-5-12-24-18-10-8-17(9-11-18)14-21-23-20(25)22-19-13-15(2)6-7-16(19)3/h6-11,13-14H,4-5,12H2,1-3H3,(H2,22,23,25)/b21-14+. The molecule has 132 valence electrons. The van der Waals surface area contributed by atoms with Crippen LogP contribution in [-0.2, 0) is 0 Å². The summed E-state index contributed by atoms with van der Waals surface area (Å²) in [6.45, 7) is 6.99. The summed E-state index contributed by atoms with van der Waals surface area (Å²) in [5, 5.41) is 7.80. The molecule has 0 aliphatic rings. The smallest absolute Gasteiger partial charge is 0.191 e. The first-order valence-electron chi connectivity index (χ1n) is 8.48. The zero-order valence-corrected chi connectivity index (χ0v) is 15.8. The first-order chi connectivity index (χ1) is 12.1. The van der Waals surface area contributed by atoms with E-state index in [0.717, 1.165) is 42.0 Å². The number of nitrogens with zero attached hydrogens (tertiary/aromatic N) is 1. The molecule has 0 fully saturated rings. The lowest BCUT2D eigenvalue weighted by molar-refractivity contribution is 0.309. The Morgan fingerprint density at radius 1 is 1.16 bits per heavy atom. The molecule has 0 bridgehead atoms. The molecule has 0 atom stereocenters. The Balaban J connectivity index is 1.83. The zero-order chi connectivity index (χ0) is 18.1. The summed E-state index contributed by atoms with van der Waals surface area (Å²) in [4.78, 5) is 0. The zero-order valence-electron chi connectivity index (χ0n) is 15.0. The summed E-state index contributed by atoms with van der Waals surface area (Å²) < 4.78 is 5.64. The number of rotatable bonds is 7. The molecule has 2 rings (SSSR count). The van der Waals surface area contributed by atoms with E-state index in [2.05, 4.69) is 47.9 Å². The fraction of sp³-hybridized carbons (Fsp3) is 0.300. The minimum absolute atomic E-state index is 0.462. The number of nitrogens with one attached hydrogen (secondary N) is 2. The van der Waals surface area contributed by atoms with Crippen molar-refractivity contribution in [3.8, 4) is 5.75 Å². The molecule has 5 heteroatoms. The predicted molar refractivity (Wildman–Crippen MR) is 110 cm³/mol. The van der Waals surface area contributed by atoms with Gasteiger partial charge in [0.15, 0.2) is 5.11 Å². The van der Waals surface area contributed by atoms with Crippen molar-refractivity contribution in [1.82, 2.24) is 5.43 Å². The quantitative estimate of drug-likeness (QED) is 0.324. The molecule has 0 amide bonds. The first-order valence-corrected chi connectivity index (χ1v) is 8.89. The summed E-state index contributed by atoms with van der Waals surface area (Å²) in [6.07, 6.45) is 3.93. The molecule has 0 radical (unpaired) electrons. The van der Waals surface area contributed by atoms with Crippen molar-refractivity contribution >= 4 is 29.2 Å². The van der Waals surface area contributed by atoms with Crippen LogP contribution in [0.4, 0.5) is 5.69 Å². The predicted octanol–water partition coefficient (Wildman–Crippen LogP) is 4.80. The van der Waals surface area contributed by atoms with Crippen molar-refractivity contribution in [3.63, 3.8) is 0 Å². The molecule has 2 aromatic carbocycles. The summed E-state index contributed by atoms with van der Waals surface area (Å²) >= 11 is 5.28. The minimum atomic E-state index is 0.462. The van der Waals surface area contributed by atoms with E-state index in [9.17, 15) is 0 Å². The number of hydrogen-bond acceptors (Lipinski definition) is 3. The van der Waals surface area contributed by atoms with E-state index in [0.29, 0.717) is 5.11 Å². The van der Waals surface area contributed by atoms with Gasteiger partial charge in [0.2, 0.25) is 0 Å². The van der Waals surface area contributed by atoms with E-state index < -0.39 is 0 Å². The van der Waals surface area contributed by atoms with E-state index in [4.69, 9.17) is 17.0 Å². The molecule has 0 heterocycles. The second kappa shape index (κ2) is 9.79. The fourth-order valence-corrected chi connectivity index (χ4v) is 2.33. The van der Waals surface area contributed by atoms with Crippen LogP contribution in [0.2, 0.25) is 0 Å². The van der Waals surface area contributed by atoms with Gasteiger partial charge in [-0.2, -0.15) is 5.10 Å². The van der Waals surface area contributed by atoms with Crippen LogP contribution in [0.3, 0.4) is 0 Å². The van der Waals surface area contributed by atoms with Crippen molar-refractivity contribution in [1.29, 1.82) is 0 Å². The Kier molecular flexibility index (Phi) is 7.41. The Bertz CT molecular complexity index is 726. The Morgan fingerprint density at radius 2 is 1.92 bits per heavy atom. The molecule has 0 spiro atoms. The first kappa shape index (κ1) is 18.9. The molecule has 2 N–H and O–H groups in total. The summed E-state index contributed by atoms with van der Waals surface area (Å²) in [6, 6.07) is 14.0. The van der Waals surface area contributed by atoms with Gasteiger partial charge >= 0.3 is 0 Å². The molecule has 0 saturated carbocycles. The SMILES string of the molecule is CCCCOc1ccc(/C=N/NC(=S)Nc2cc(C)ccc2C)cc1. The van der Waals surface area contributed by atoms with Crippen molar-refractivity contribution in [2.24, 2.45) is 5.10 Å². The molecule has 0 aliphatic carbocycles. The van der Waals surface area contributed by atoms with Crippen molar-refractivity contribution in [2.45, 2.75) is 33.6 Å². The highest BCUT2D eigenvalue weighted by Crippen LogP contribution is 2.16. The maximum absolute atomic E-state index is 5.64. The third-order valence-corrected chi connectivity index (χ3v) is 3.86. The molecule has 0 aromatic heterocycles. The third kappa shape index (κ3) is 6.55. The number of anilines is 1. The van der Waals surface area contributed by atoms with E-state index in [1.54, 1.807) is 6.21 Å². The molecule has 0 aliphatic heterocycles. The largest absolute Gasteiger partial charge is 0.494 e. The number of hydrazone groups is 1. The summed E-state index contributed by atoms with van der Waals surface area (Å²) in [5.74, 6) is 0.880. The van der Waals surface area contributed by atoms with Gasteiger partial charge in [-0.1, -0.05) is 25.5 Å². The number of thiocarbonyl (C=S) groups is 1. The van der Waals surface area contributed by atoms with Crippen molar-refractivity contribution < 1.29 is 4.74 Å². The van der Waals surface area contributed by atoms with Gasteiger partial charge in [0.25, 0.3) is 0 Å². The summed E-state index contributed by atoms with van der Waals surface area (Å²) in [5.41, 5.74) is 7.12. The minimum Gasteiger partial charge on any atom is -0.494 e. The third-order valence-electron chi connectivity index (χ3n) is 3.67.